The maximum atomic E-state index is 12.0. The third-order valence-corrected chi connectivity index (χ3v) is 3.56. The van der Waals surface area contributed by atoms with Crippen LogP contribution in [0.2, 0.25) is 5.02 Å². The molecule has 0 aliphatic heterocycles. The molecule has 0 unspecified atom stereocenters. The molecule has 2 rings (SSSR count). The number of oxime groups is 1. The van der Waals surface area contributed by atoms with Gasteiger partial charge in [0, 0.05) is 5.56 Å². The van der Waals surface area contributed by atoms with Gasteiger partial charge in [-0.3, -0.25) is 0 Å². The zero-order valence-corrected chi connectivity index (χ0v) is 14.3. The van der Waals surface area contributed by atoms with Crippen molar-refractivity contribution >= 4 is 23.4 Å². The predicted molar refractivity (Wildman–Crippen MR) is 91.9 cm³/mol. The summed E-state index contributed by atoms with van der Waals surface area (Å²) in [6.07, 6.45) is 0. The molecule has 0 saturated heterocycles. The normalized spacial score (nSPS) is 11.1. The molecule has 2 aromatic carbocycles. The van der Waals surface area contributed by atoms with Gasteiger partial charge >= 0.3 is 5.97 Å². The van der Waals surface area contributed by atoms with E-state index < -0.39 is 5.97 Å². The van der Waals surface area contributed by atoms with Gasteiger partial charge in [-0.2, -0.15) is 0 Å². The summed E-state index contributed by atoms with van der Waals surface area (Å²) in [4.78, 5) is 16.9. The van der Waals surface area contributed by atoms with Gasteiger partial charge in [-0.1, -0.05) is 22.8 Å². The Labute approximate surface area is 144 Å². The Kier molecular flexibility index (Phi) is 5.65. The van der Waals surface area contributed by atoms with Crippen LogP contribution in [0.3, 0.4) is 0 Å². The summed E-state index contributed by atoms with van der Waals surface area (Å²) >= 11 is 6.02. The van der Waals surface area contributed by atoms with Gasteiger partial charge in [0.2, 0.25) is 0 Å². The van der Waals surface area contributed by atoms with Crippen molar-refractivity contribution in [2.75, 3.05) is 14.2 Å². The van der Waals surface area contributed by atoms with Crippen LogP contribution in [0.1, 0.15) is 21.5 Å². The lowest BCUT2D eigenvalue weighted by Crippen LogP contribution is -2.15. The van der Waals surface area contributed by atoms with Crippen molar-refractivity contribution in [1.82, 2.24) is 0 Å². The number of ether oxygens (including phenoxy) is 2. The van der Waals surface area contributed by atoms with Gasteiger partial charge in [0.1, 0.15) is 0 Å². The van der Waals surface area contributed by atoms with Gasteiger partial charge in [0.25, 0.3) is 0 Å². The van der Waals surface area contributed by atoms with Crippen LogP contribution in [0.5, 0.6) is 11.5 Å². The van der Waals surface area contributed by atoms with Crippen molar-refractivity contribution < 1.29 is 19.1 Å². The fourth-order valence-electron chi connectivity index (χ4n) is 1.97. The smallest absolute Gasteiger partial charge is 0.367 e. The van der Waals surface area contributed by atoms with Crippen LogP contribution in [-0.4, -0.2) is 26.0 Å². The number of carbonyl (C=O) groups excluding carboxylic acids is 1. The quantitative estimate of drug-likeness (QED) is 0.388. The Morgan fingerprint density at radius 2 is 1.79 bits per heavy atom. The largest absolute Gasteiger partial charge is 0.493 e. The van der Waals surface area contributed by atoms with Gasteiger partial charge in [-0.05, 0) is 42.8 Å². The molecule has 7 heteroatoms. The Hall–Kier alpha value is -2.73. The van der Waals surface area contributed by atoms with Gasteiger partial charge in [0.15, 0.2) is 17.3 Å². The third kappa shape index (κ3) is 3.97. The van der Waals surface area contributed by atoms with Crippen molar-refractivity contribution in [3.8, 4) is 11.5 Å². The summed E-state index contributed by atoms with van der Waals surface area (Å²) in [5.74, 6) is 0.370. The molecule has 2 N–H and O–H groups in total. The number of aryl methyl sites for hydroxylation is 1. The van der Waals surface area contributed by atoms with Crippen molar-refractivity contribution in [2.24, 2.45) is 10.9 Å². The first-order chi connectivity index (χ1) is 11.5. The minimum absolute atomic E-state index is 0.0209. The van der Waals surface area contributed by atoms with E-state index in [1.807, 2.05) is 6.92 Å². The van der Waals surface area contributed by atoms with E-state index in [0.29, 0.717) is 22.1 Å². The molecule has 2 aromatic rings. The standard InChI is InChI=1S/C17H17ClN2O4/c1-10-4-6-12(13(18)8-10)17(21)24-20-16(19)11-5-7-14(22-2)15(9-11)23-3/h4-9H,1-3H3,(H2,19,20). The SMILES string of the molecule is COc1ccc(/C(N)=N/OC(=O)c2ccc(C)cc2Cl)cc1OC. The molecule has 0 spiro atoms. The molecule has 24 heavy (non-hydrogen) atoms. The number of rotatable bonds is 5. The van der Waals surface area contributed by atoms with E-state index in [4.69, 9.17) is 31.6 Å². The van der Waals surface area contributed by atoms with Crippen molar-refractivity contribution in [3.05, 3.63) is 58.1 Å². The zero-order chi connectivity index (χ0) is 17.7. The second kappa shape index (κ2) is 7.70. The third-order valence-electron chi connectivity index (χ3n) is 3.25. The summed E-state index contributed by atoms with van der Waals surface area (Å²) in [5.41, 5.74) is 7.51. The van der Waals surface area contributed by atoms with E-state index >= 15 is 0 Å². The first kappa shape index (κ1) is 17.6. The van der Waals surface area contributed by atoms with Crippen LogP contribution < -0.4 is 15.2 Å². The van der Waals surface area contributed by atoms with Gasteiger partial charge in [-0.15, -0.1) is 0 Å². The number of hydrogen-bond acceptors (Lipinski definition) is 5. The number of halogens is 1. The van der Waals surface area contributed by atoms with E-state index in [-0.39, 0.29) is 11.4 Å². The molecule has 0 bridgehead atoms. The molecule has 0 aliphatic rings. The summed E-state index contributed by atoms with van der Waals surface area (Å²) < 4.78 is 10.3. The monoisotopic (exact) mass is 348 g/mol. The van der Waals surface area contributed by atoms with Crippen molar-refractivity contribution in [2.45, 2.75) is 6.92 Å². The van der Waals surface area contributed by atoms with Crippen LogP contribution in [-0.2, 0) is 4.84 Å². The highest BCUT2D eigenvalue weighted by Crippen LogP contribution is 2.27. The van der Waals surface area contributed by atoms with E-state index in [9.17, 15) is 4.79 Å². The molecule has 0 aromatic heterocycles. The minimum Gasteiger partial charge on any atom is -0.493 e. The molecule has 6 nitrogen and oxygen atoms in total. The average molecular weight is 349 g/mol. The van der Waals surface area contributed by atoms with Crippen LogP contribution in [0.15, 0.2) is 41.6 Å². The molecule has 126 valence electrons. The number of methoxy groups -OCH3 is 2. The lowest BCUT2D eigenvalue weighted by molar-refractivity contribution is 0.0516. The first-order valence-corrected chi connectivity index (χ1v) is 7.37. The van der Waals surface area contributed by atoms with Gasteiger partial charge < -0.3 is 20.0 Å². The van der Waals surface area contributed by atoms with Gasteiger partial charge in [0.05, 0.1) is 24.8 Å². The Morgan fingerprint density at radius 3 is 2.42 bits per heavy atom. The molecule has 0 radical (unpaired) electrons. The summed E-state index contributed by atoms with van der Waals surface area (Å²) in [6, 6.07) is 9.97. The van der Waals surface area contributed by atoms with Crippen molar-refractivity contribution in [1.29, 1.82) is 0 Å². The fourth-order valence-corrected chi connectivity index (χ4v) is 2.29. The van der Waals surface area contributed by atoms with Crippen LogP contribution in [0.25, 0.3) is 0 Å². The second-order valence-corrected chi connectivity index (χ2v) is 5.32. The highest BCUT2D eigenvalue weighted by Gasteiger charge is 2.13. The van der Waals surface area contributed by atoms with E-state index in [1.54, 1.807) is 36.4 Å². The van der Waals surface area contributed by atoms with E-state index in [2.05, 4.69) is 5.16 Å². The summed E-state index contributed by atoms with van der Waals surface area (Å²) in [6.45, 7) is 1.87. The number of amidine groups is 1. The number of hydrogen-bond donors (Lipinski definition) is 1. The van der Waals surface area contributed by atoms with Gasteiger partial charge in [-0.25, -0.2) is 4.79 Å². The molecule has 0 saturated carbocycles. The number of carbonyl (C=O) groups is 1. The average Bonchev–Trinajstić information content (AvgIpc) is 2.58. The molecular weight excluding hydrogens is 332 g/mol. The zero-order valence-electron chi connectivity index (χ0n) is 13.5. The highest BCUT2D eigenvalue weighted by molar-refractivity contribution is 6.33. The summed E-state index contributed by atoms with van der Waals surface area (Å²) in [5, 5.41) is 3.95. The Bertz CT molecular complexity index is 790. The van der Waals surface area contributed by atoms with Crippen LogP contribution in [0.4, 0.5) is 0 Å². The number of benzene rings is 2. The van der Waals surface area contributed by atoms with Crippen LogP contribution in [0, 0.1) is 6.92 Å². The summed E-state index contributed by atoms with van der Waals surface area (Å²) in [7, 11) is 3.04. The molecule has 0 heterocycles. The first-order valence-electron chi connectivity index (χ1n) is 6.99. The Morgan fingerprint density at radius 1 is 1.08 bits per heavy atom. The number of nitrogens with two attached hydrogens (primary N) is 1. The second-order valence-electron chi connectivity index (χ2n) is 4.91. The lowest BCUT2D eigenvalue weighted by atomic mass is 10.1. The molecule has 0 atom stereocenters. The maximum absolute atomic E-state index is 12.0. The Balaban J connectivity index is 2.18. The topological polar surface area (TPSA) is 83.1 Å². The number of nitrogens with zero attached hydrogens (tertiary/aromatic N) is 1. The molecule has 0 aliphatic carbocycles. The van der Waals surface area contributed by atoms with E-state index in [0.717, 1.165) is 5.56 Å². The maximum Gasteiger partial charge on any atom is 0.367 e. The van der Waals surface area contributed by atoms with Crippen molar-refractivity contribution in [3.63, 3.8) is 0 Å². The minimum atomic E-state index is -0.691. The van der Waals surface area contributed by atoms with E-state index in [1.165, 1.54) is 14.2 Å². The molecule has 0 fully saturated rings. The molecule has 0 amide bonds. The highest BCUT2D eigenvalue weighted by atomic mass is 35.5. The predicted octanol–water partition coefficient (Wildman–Crippen LogP) is 3.14. The lowest BCUT2D eigenvalue weighted by Gasteiger charge is -2.09. The fraction of sp³-hybridized carbons (Fsp3) is 0.176. The van der Waals surface area contributed by atoms with Crippen LogP contribution >= 0.6 is 11.6 Å². The molecular formula is C17H17ClN2O4.